The number of methoxy groups -OCH3 is 1. The Bertz CT molecular complexity index is 320. The van der Waals surface area contributed by atoms with Gasteiger partial charge in [-0.15, -0.1) is 0 Å². The van der Waals surface area contributed by atoms with E-state index in [-0.39, 0.29) is 18.0 Å². The monoisotopic (exact) mass is 226 g/mol. The molecule has 1 N–H and O–H groups in total. The van der Waals surface area contributed by atoms with Crippen molar-refractivity contribution in [3.63, 3.8) is 0 Å². The van der Waals surface area contributed by atoms with Gasteiger partial charge in [-0.1, -0.05) is 6.92 Å². The Morgan fingerprint density at radius 3 is 2.81 bits per heavy atom. The van der Waals surface area contributed by atoms with Crippen LogP contribution in [-0.2, 0) is 4.74 Å². The molecule has 1 aromatic rings. The van der Waals surface area contributed by atoms with Gasteiger partial charge in [-0.2, -0.15) is 0 Å². The van der Waals surface area contributed by atoms with Crippen LogP contribution in [0.25, 0.3) is 0 Å². The maximum atomic E-state index is 13.1. The van der Waals surface area contributed by atoms with Gasteiger partial charge in [0.15, 0.2) is 0 Å². The summed E-state index contributed by atoms with van der Waals surface area (Å²) >= 11 is 0. The van der Waals surface area contributed by atoms with E-state index in [0.29, 0.717) is 0 Å². The molecular weight excluding hydrogens is 207 g/mol. The maximum Gasteiger partial charge on any atom is 0.141 e. The van der Waals surface area contributed by atoms with Gasteiger partial charge < -0.3 is 10.1 Å². The molecule has 0 saturated carbocycles. The summed E-state index contributed by atoms with van der Waals surface area (Å²) in [6.07, 6.45) is 3.84. The van der Waals surface area contributed by atoms with Crippen LogP contribution >= 0.6 is 0 Å². The molecule has 0 aliphatic rings. The number of aromatic nitrogens is 1. The molecule has 90 valence electrons. The average molecular weight is 226 g/mol. The van der Waals surface area contributed by atoms with Crippen LogP contribution in [0, 0.1) is 5.82 Å². The average Bonchev–Trinajstić information content (AvgIpc) is 2.28. The van der Waals surface area contributed by atoms with Gasteiger partial charge in [0, 0.05) is 19.3 Å². The van der Waals surface area contributed by atoms with Crippen LogP contribution < -0.4 is 5.32 Å². The molecule has 1 heterocycles. The van der Waals surface area contributed by atoms with E-state index in [1.165, 1.54) is 12.3 Å². The van der Waals surface area contributed by atoms with E-state index in [1.54, 1.807) is 13.3 Å². The first kappa shape index (κ1) is 13.1. The quantitative estimate of drug-likeness (QED) is 0.808. The van der Waals surface area contributed by atoms with E-state index < -0.39 is 0 Å². The summed E-state index contributed by atoms with van der Waals surface area (Å²) in [7, 11) is 1.68. The van der Waals surface area contributed by atoms with Crippen molar-refractivity contribution in [1.82, 2.24) is 10.3 Å². The van der Waals surface area contributed by atoms with Crippen molar-refractivity contribution in [2.75, 3.05) is 13.7 Å². The Balaban J connectivity index is 2.76. The summed E-state index contributed by atoms with van der Waals surface area (Å²) < 4.78 is 18.3. The predicted molar refractivity (Wildman–Crippen MR) is 61.7 cm³/mol. The van der Waals surface area contributed by atoms with Crippen LogP contribution in [0.15, 0.2) is 18.5 Å². The number of rotatable bonds is 6. The minimum Gasteiger partial charge on any atom is -0.382 e. The predicted octanol–water partition coefficient (Wildman–Crippen LogP) is 2.30. The van der Waals surface area contributed by atoms with Crippen molar-refractivity contribution in [3.05, 3.63) is 29.8 Å². The third-order valence-electron chi connectivity index (χ3n) is 2.55. The highest BCUT2D eigenvalue weighted by molar-refractivity contribution is 5.15. The van der Waals surface area contributed by atoms with E-state index in [4.69, 9.17) is 4.74 Å². The van der Waals surface area contributed by atoms with Crippen LogP contribution in [0.5, 0.6) is 0 Å². The fourth-order valence-electron chi connectivity index (χ4n) is 1.63. The lowest BCUT2D eigenvalue weighted by Crippen LogP contribution is -2.25. The van der Waals surface area contributed by atoms with Gasteiger partial charge in [0.1, 0.15) is 5.82 Å². The molecule has 1 aromatic heterocycles. The zero-order chi connectivity index (χ0) is 12.0. The Labute approximate surface area is 96.0 Å². The van der Waals surface area contributed by atoms with Crippen LogP contribution in [0.1, 0.15) is 31.9 Å². The van der Waals surface area contributed by atoms with Crippen molar-refractivity contribution in [2.24, 2.45) is 0 Å². The van der Waals surface area contributed by atoms with Gasteiger partial charge in [-0.25, -0.2) is 4.39 Å². The minimum atomic E-state index is -0.300. The van der Waals surface area contributed by atoms with E-state index >= 15 is 0 Å². The number of hydrogen-bond donors (Lipinski definition) is 1. The van der Waals surface area contributed by atoms with Crippen molar-refractivity contribution >= 4 is 0 Å². The molecule has 0 fully saturated rings. The standard InChI is InChI=1S/C12H19FN2O/c1-4-15-12(5-9(2)16-3)10-6-11(13)8-14-7-10/h6-9,12,15H,4-5H2,1-3H3. The summed E-state index contributed by atoms with van der Waals surface area (Å²) in [5, 5.41) is 3.30. The second-order valence-electron chi connectivity index (χ2n) is 3.83. The summed E-state index contributed by atoms with van der Waals surface area (Å²) in [6.45, 7) is 4.85. The Kier molecular flexibility index (Phi) is 5.35. The van der Waals surface area contributed by atoms with Gasteiger partial charge in [0.25, 0.3) is 0 Å². The molecule has 0 radical (unpaired) electrons. The zero-order valence-corrected chi connectivity index (χ0v) is 10.0. The number of nitrogens with one attached hydrogen (secondary N) is 1. The van der Waals surface area contributed by atoms with Crippen LogP contribution in [0.2, 0.25) is 0 Å². The first-order chi connectivity index (χ1) is 7.67. The highest BCUT2D eigenvalue weighted by atomic mass is 19.1. The van der Waals surface area contributed by atoms with E-state index in [1.807, 2.05) is 13.8 Å². The smallest absolute Gasteiger partial charge is 0.141 e. The Morgan fingerprint density at radius 2 is 2.25 bits per heavy atom. The lowest BCUT2D eigenvalue weighted by Gasteiger charge is -2.21. The molecule has 0 saturated heterocycles. The summed E-state index contributed by atoms with van der Waals surface area (Å²) in [5.74, 6) is -0.300. The van der Waals surface area contributed by atoms with Crippen molar-refractivity contribution < 1.29 is 9.13 Å². The molecule has 16 heavy (non-hydrogen) atoms. The maximum absolute atomic E-state index is 13.1. The lowest BCUT2D eigenvalue weighted by atomic mass is 10.0. The number of ether oxygens (including phenoxy) is 1. The molecule has 2 atom stereocenters. The molecule has 0 amide bonds. The molecule has 4 heteroatoms. The SMILES string of the molecule is CCNC(CC(C)OC)c1cncc(F)c1. The highest BCUT2D eigenvalue weighted by Gasteiger charge is 2.14. The van der Waals surface area contributed by atoms with Gasteiger partial charge in [0.05, 0.1) is 12.3 Å². The second kappa shape index (κ2) is 6.55. The normalized spacial score (nSPS) is 14.8. The van der Waals surface area contributed by atoms with Gasteiger partial charge in [0.2, 0.25) is 0 Å². The first-order valence-corrected chi connectivity index (χ1v) is 5.54. The fraction of sp³-hybridized carbons (Fsp3) is 0.583. The van der Waals surface area contributed by atoms with Crippen LogP contribution in [0.3, 0.4) is 0 Å². The van der Waals surface area contributed by atoms with Crippen LogP contribution in [0.4, 0.5) is 4.39 Å². The Morgan fingerprint density at radius 1 is 1.50 bits per heavy atom. The lowest BCUT2D eigenvalue weighted by molar-refractivity contribution is 0.100. The van der Waals surface area contributed by atoms with E-state index in [9.17, 15) is 4.39 Å². The molecule has 2 unspecified atom stereocenters. The fourth-order valence-corrected chi connectivity index (χ4v) is 1.63. The summed E-state index contributed by atoms with van der Waals surface area (Å²) in [6, 6.07) is 1.60. The number of hydrogen-bond acceptors (Lipinski definition) is 3. The highest BCUT2D eigenvalue weighted by Crippen LogP contribution is 2.19. The molecular formula is C12H19FN2O. The molecule has 0 aliphatic carbocycles. The number of nitrogens with zero attached hydrogens (tertiary/aromatic N) is 1. The van der Waals surface area contributed by atoms with Gasteiger partial charge >= 0.3 is 0 Å². The summed E-state index contributed by atoms with van der Waals surface area (Å²) in [4.78, 5) is 3.86. The van der Waals surface area contributed by atoms with Gasteiger partial charge in [-0.05, 0) is 31.5 Å². The van der Waals surface area contributed by atoms with Crippen LogP contribution in [-0.4, -0.2) is 24.7 Å². The third kappa shape index (κ3) is 3.87. The van der Waals surface area contributed by atoms with Crippen molar-refractivity contribution in [1.29, 1.82) is 0 Å². The Hall–Kier alpha value is -1.00. The van der Waals surface area contributed by atoms with Crippen molar-refractivity contribution in [3.8, 4) is 0 Å². The first-order valence-electron chi connectivity index (χ1n) is 5.54. The molecule has 0 aliphatic heterocycles. The summed E-state index contributed by atoms with van der Waals surface area (Å²) in [5.41, 5.74) is 0.866. The molecule has 3 nitrogen and oxygen atoms in total. The van der Waals surface area contributed by atoms with Crippen molar-refractivity contribution in [2.45, 2.75) is 32.4 Å². The van der Waals surface area contributed by atoms with E-state index in [0.717, 1.165) is 18.5 Å². The largest absolute Gasteiger partial charge is 0.382 e. The third-order valence-corrected chi connectivity index (χ3v) is 2.55. The molecule has 1 rings (SSSR count). The minimum absolute atomic E-state index is 0.0862. The zero-order valence-electron chi connectivity index (χ0n) is 10.0. The second-order valence-corrected chi connectivity index (χ2v) is 3.83. The molecule has 0 aromatic carbocycles. The van der Waals surface area contributed by atoms with Gasteiger partial charge in [-0.3, -0.25) is 4.98 Å². The number of pyridine rings is 1. The molecule has 0 bridgehead atoms. The molecule has 0 spiro atoms. The van der Waals surface area contributed by atoms with E-state index in [2.05, 4.69) is 10.3 Å². The number of halogens is 1. The topological polar surface area (TPSA) is 34.1 Å².